The zero-order valence-electron chi connectivity index (χ0n) is 9.16. The number of benzene rings is 1. The zero-order chi connectivity index (χ0) is 11.1. The molecule has 0 aliphatic heterocycles. The summed E-state index contributed by atoms with van der Waals surface area (Å²) in [5.41, 5.74) is 1.71. The van der Waals surface area contributed by atoms with Gasteiger partial charge in [0.2, 0.25) is 0 Å². The summed E-state index contributed by atoms with van der Waals surface area (Å²) in [6.45, 7) is 4.44. The quantitative estimate of drug-likeness (QED) is 0.424. The van der Waals surface area contributed by atoms with E-state index in [1.165, 1.54) is 5.56 Å². The Labute approximate surface area is 89.9 Å². The molecule has 0 saturated carbocycles. The maximum Gasteiger partial charge on any atom is 0.373 e. The van der Waals surface area contributed by atoms with Crippen LogP contribution >= 0.6 is 0 Å². The fraction of sp³-hybridized carbons (Fsp3) is 0.417. The topological polar surface area (TPSA) is 35.5 Å². The molecule has 3 heteroatoms. The number of rotatable bonds is 5. The molecular weight excluding hydrogens is 192 g/mol. The van der Waals surface area contributed by atoms with Gasteiger partial charge in [-0.2, -0.15) is 4.89 Å². The van der Waals surface area contributed by atoms with Crippen LogP contribution in [0.25, 0.3) is 0 Å². The number of hydrogen-bond acceptors (Lipinski definition) is 3. The van der Waals surface area contributed by atoms with E-state index < -0.39 is 5.97 Å². The van der Waals surface area contributed by atoms with Gasteiger partial charge < -0.3 is 0 Å². The van der Waals surface area contributed by atoms with Crippen LogP contribution in [-0.2, 0) is 16.2 Å². The largest absolute Gasteiger partial charge is 0.373 e. The van der Waals surface area contributed by atoms with E-state index in [0.29, 0.717) is 12.2 Å². The van der Waals surface area contributed by atoms with Crippen molar-refractivity contribution >= 4 is 5.97 Å². The van der Waals surface area contributed by atoms with E-state index in [0.717, 1.165) is 12.8 Å². The van der Waals surface area contributed by atoms with Gasteiger partial charge in [0.25, 0.3) is 0 Å². The van der Waals surface area contributed by atoms with Crippen molar-refractivity contribution in [3.05, 3.63) is 35.4 Å². The van der Waals surface area contributed by atoms with Crippen LogP contribution in [0.3, 0.4) is 0 Å². The molecule has 0 fully saturated rings. The van der Waals surface area contributed by atoms with Crippen molar-refractivity contribution in [2.24, 2.45) is 0 Å². The van der Waals surface area contributed by atoms with Crippen molar-refractivity contribution in [1.82, 2.24) is 0 Å². The lowest BCUT2D eigenvalue weighted by molar-refractivity contribution is -0.240. The van der Waals surface area contributed by atoms with Gasteiger partial charge in [0.15, 0.2) is 0 Å². The van der Waals surface area contributed by atoms with Crippen LogP contribution < -0.4 is 0 Å². The van der Waals surface area contributed by atoms with Crippen LogP contribution in [0.1, 0.15) is 36.2 Å². The number of aryl methyl sites for hydroxylation is 1. The fourth-order valence-corrected chi connectivity index (χ4v) is 1.10. The first kappa shape index (κ1) is 11.7. The summed E-state index contributed by atoms with van der Waals surface area (Å²) in [6.07, 6.45) is 1.78. The van der Waals surface area contributed by atoms with Crippen molar-refractivity contribution < 1.29 is 14.6 Å². The first-order chi connectivity index (χ1) is 7.27. The first-order valence-corrected chi connectivity index (χ1v) is 5.20. The highest BCUT2D eigenvalue weighted by molar-refractivity contribution is 5.88. The average molecular weight is 208 g/mol. The maximum absolute atomic E-state index is 11.4. The van der Waals surface area contributed by atoms with E-state index in [1.807, 2.05) is 19.1 Å². The molecule has 0 spiro atoms. The first-order valence-electron chi connectivity index (χ1n) is 5.20. The number of carbonyl (C=O) groups excluding carboxylic acids is 1. The molecule has 1 aromatic rings. The molecule has 0 N–H and O–H groups in total. The highest BCUT2D eigenvalue weighted by Gasteiger charge is 2.07. The van der Waals surface area contributed by atoms with Gasteiger partial charge in [0.1, 0.15) is 0 Å². The SMILES string of the molecule is CCCOOC(=O)c1ccc(CC)cc1. The second kappa shape index (κ2) is 6.19. The Morgan fingerprint density at radius 1 is 1.20 bits per heavy atom. The minimum Gasteiger partial charge on any atom is -0.293 e. The van der Waals surface area contributed by atoms with Gasteiger partial charge in [-0.1, -0.05) is 26.0 Å². The van der Waals surface area contributed by atoms with Crippen LogP contribution in [0.2, 0.25) is 0 Å². The van der Waals surface area contributed by atoms with Gasteiger partial charge in [-0.05, 0) is 30.5 Å². The van der Waals surface area contributed by atoms with E-state index >= 15 is 0 Å². The highest BCUT2D eigenvalue weighted by atomic mass is 17.2. The molecule has 0 aliphatic carbocycles. The van der Waals surface area contributed by atoms with E-state index in [9.17, 15) is 4.79 Å². The maximum atomic E-state index is 11.4. The molecule has 0 bridgehead atoms. The summed E-state index contributed by atoms with van der Waals surface area (Å²) in [4.78, 5) is 20.7. The summed E-state index contributed by atoms with van der Waals surface area (Å²) < 4.78 is 0. The lowest BCUT2D eigenvalue weighted by atomic mass is 10.1. The predicted molar refractivity (Wildman–Crippen MR) is 57.5 cm³/mol. The van der Waals surface area contributed by atoms with Crippen molar-refractivity contribution in [1.29, 1.82) is 0 Å². The molecule has 1 rings (SSSR count). The number of hydrogen-bond donors (Lipinski definition) is 0. The highest BCUT2D eigenvalue weighted by Crippen LogP contribution is 2.06. The van der Waals surface area contributed by atoms with E-state index in [-0.39, 0.29) is 0 Å². The minimum absolute atomic E-state index is 0.429. The van der Waals surface area contributed by atoms with Crippen molar-refractivity contribution in [3.63, 3.8) is 0 Å². The second-order valence-corrected chi connectivity index (χ2v) is 3.24. The summed E-state index contributed by atoms with van der Waals surface area (Å²) in [7, 11) is 0. The van der Waals surface area contributed by atoms with E-state index in [1.54, 1.807) is 12.1 Å². The van der Waals surface area contributed by atoms with Gasteiger partial charge >= 0.3 is 5.97 Å². The third-order valence-corrected chi connectivity index (χ3v) is 2.02. The van der Waals surface area contributed by atoms with E-state index in [2.05, 4.69) is 11.8 Å². The Morgan fingerprint density at radius 2 is 1.87 bits per heavy atom. The molecule has 0 aliphatic rings. The molecule has 1 aromatic carbocycles. The summed E-state index contributed by atoms with van der Waals surface area (Å²) in [5, 5.41) is 0. The third kappa shape index (κ3) is 3.72. The third-order valence-electron chi connectivity index (χ3n) is 2.02. The molecular formula is C12H16O3. The van der Waals surface area contributed by atoms with E-state index in [4.69, 9.17) is 4.89 Å². The Hall–Kier alpha value is -1.35. The Bertz CT molecular complexity index is 303. The molecule has 0 atom stereocenters. The van der Waals surface area contributed by atoms with Crippen molar-refractivity contribution in [2.45, 2.75) is 26.7 Å². The Balaban J connectivity index is 2.50. The van der Waals surface area contributed by atoms with Crippen molar-refractivity contribution in [2.75, 3.05) is 6.61 Å². The standard InChI is InChI=1S/C12H16O3/c1-3-9-14-15-12(13)11-7-5-10(4-2)6-8-11/h5-8H,3-4,9H2,1-2H3. The second-order valence-electron chi connectivity index (χ2n) is 3.24. The van der Waals surface area contributed by atoms with Crippen LogP contribution in [0.15, 0.2) is 24.3 Å². The van der Waals surface area contributed by atoms with Crippen LogP contribution in [0, 0.1) is 0 Å². The predicted octanol–water partition coefficient (Wildman–Crippen LogP) is 2.75. The Kier molecular flexibility index (Phi) is 4.84. The van der Waals surface area contributed by atoms with Gasteiger partial charge in [-0.25, -0.2) is 4.79 Å². The van der Waals surface area contributed by atoms with Crippen LogP contribution in [0.5, 0.6) is 0 Å². The Morgan fingerprint density at radius 3 is 2.40 bits per heavy atom. The molecule has 15 heavy (non-hydrogen) atoms. The zero-order valence-corrected chi connectivity index (χ0v) is 9.16. The number of carbonyl (C=O) groups is 1. The minimum atomic E-state index is -0.439. The van der Waals surface area contributed by atoms with Crippen LogP contribution in [-0.4, -0.2) is 12.6 Å². The molecule has 0 saturated heterocycles. The summed E-state index contributed by atoms with van der Waals surface area (Å²) >= 11 is 0. The van der Waals surface area contributed by atoms with Crippen molar-refractivity contribution in [3.8, 4) is 0 Å². The average Bonchev–Trinajstić information content (AvgIpc) is 2.29. The lowest BCUT2D eigenvalue weighted by Gasteiger charge is -2.02. The molecule has 82 valence electrons. The fourth-order valence-electron chi connectivity index (χ4n) is 1.10. The lowest BCUT2D eigenvalue weighted by Crippen LogP contribution is -2.06. The molecule has 0 unspecified atom stereocenters. The summed E-state index contributed by atoms with van der Waals surface area (Å²) in [6, 6.07) is 7.32. The monoisotopic (exact) mass is 208 g/mol. The molecule has 3 nitrogen and oxygen atoms in total. The molecule has 0 amide bonds. The van der Waals surface area contributed by atoms with Gasteiger partial charge in [0, 0.05) is 0 Å². The van der Waals surface area contributed by atoms with Gasteiger partial charge in [0.05, 0.1) is 12.2 Å². The molecule has 0 aromatic heterocycles. The smallest absolute Gasteiger partial charge is 0.293 e. The van der Waals surface area contributed by atoms with Gasteiger partial charge in [-0.15, -0.1) is 0 Å². The van der Waals surface area contributed by atoms with Gasteiger partial charge in [-0.3, -0.25) is 4.89 Å². The molecule has 0 radical (unpaired) electrons. The van der Waals surface area contributed by atoms with Crippen LogP contribution in [0.4, 0.5) is 0 Å². The molecule has 0 heterocycles. The summed E-state index contributed by atoms with van der Waals surface area (Å²) in [5.74, 6) is -0.439. The normalized spacial score (nSPS) is 10.0.